The van der Waals surface area contributed by atoms with Crippen LogP contribution in [0, 0.1) is 5.41 Å². The number of halogens is 1. The number of benzene rings is 1. The predicted octanol–water partition coefficient (Wildman–Crippen LogP) is 3.44. The van der Waals surface area contributed by atoms with Crippen LogP contribution in [-0.2, 0) is 4.74 Å². The lowest BCUT2D eigenvalue weighted by atomic mass is 9.61. The first-order valence-corrected chi connectivity index (χ1v) is 7.77. The van der Waals surface area contributed by atoms with Crippen molar-refractivity contribution in [1.29, 1.82) is 0 Å². The lowest BCUT2D eigenvalue weighted by Crippen LogP contribution is -2.59. The summed E-state index contributed by atoms with van der Waals surface area (Å²) in [6, 6.07) is 5.61. The van der Waals surface area contributed by atoms with Gasteiger partial charge >= 0.3 is 0 Å². The molecule has 1 saturated carbocycles. The summed E-state index contributed by atoms with van der Waals surface area (Å²) < 4.78 is 5.80. The molecule has 1 aromatic rings. The molecule has 0 aliphatic heterocycles. The van der Waals surface area contributed by atoms with Crippen LogP contribution in [0.3, 0.4) is 0 Å². The number of hydrogen-bond donors (Lipinski definition) is 2. The Morgan fingerprint density at radius 2 is 2.24 bits per heavy atom. The van der Waals surface area contributed by atoms with Gasteiger partial charge < -0.3 is 15.8 Å². The van der Waals surface area contributed by atoms with Gasteiger partial charge in [-0.05, 0) is 38.0 Å². The topological polar surface area (TPSA) is 64.3 Å². The Morgan fingerprint density at radius 3 is 2.81 bits per heavy atom. The van der Waals surface area contributed by atoms with Gasteiger partial charge in [0.15, 0.2) is 0 Å². The summed E-state index contributed by atoms with van der Waals surface area (Å²) in [4.78, 5) is 11.4. The summed E-state index contributed by atoms with van der Waals surface area (Å²) in [6.45, 7) is 7.17. The van der Waals surface area contributed by atoms with Gasteiger partial charge in [0, 0.05) is 23.8 Å². The van der Waals surface area contributed by atoms with Crippen molar-refractivity contribution in [3.8, 4) is 0 Å². The summed E-state index contributed by atoms with van der Waals surface area (Å²) in [5.74, 6) is -0.511. The first-order valence-electron chi connectivity index (χ1n) is 7.39. The van der Waals surface area contributed by atoms with E-state index in [2.05, 4.69) is 19.2 Å². The van der Waals surface area contributed by atoms with Crippen molar-refractivity contribution < 1.29 is 9.53 Å². The fourth-order valence-electron chi connectivity index (χ4n) is 2.98. The van der Waals surface area contributed by atoms with Gasteiger partial charge in [0.2, 0.25) is 5.91 Å². The molecule has 2 rings (SSSR count). The van der Waals surface area contributed by atoms with Crippen LogP contribution in [0.15, 0.2) is 18.2 Å². The van der Waals surface area contributed by atoms with Crippen LogP contribution in [0.1, 0.15) is 44.0 Å². The molecule has 5 heteroatoms. The Bertz CT molecular complexity index is 535. The number of amides is 1. The van der Waals surface area contributed by atoms with E-state index in [4.69, 9.17) is 22.1 Å². The molecule has 3 atom stereocenters. The van der Waals surface area contributed by atoms with Gasteiger partial charge in [0.25, 0.3) is 0 Å². The molecule has 1 amide bonds. The summed E-state index contributed by atoms with van der Waals surface area (Å²) in [6.07, 6.45) is 2.28. The maximum absolute atomic E-state index is 11.4. The third-order valence-corrected chi connectivity index (χ3v) is 5.01. The predicted molar refractivity (Wildman–Crippen MR) is 85.8 cm³/mol. The van der Waals surface area contributed by atoms with E-state index in [1.54, 1.807) is 12.1 Å². The summed E-state index contributed by atoms with van der Waals surface area (Å²) in [5.41, 5.74) is 6.65. The first kappa shape index (κ1) is 16.1. The smallest absolute Gasteiger partial charge is 0.250 e. The van der Waals surface area contributed by atoms with Gasteiger partial charge in [-0.1, -0.05) is 25.4 Å². The molecule has 3 unspecified atom stereocenters. The number of carbonyl (C=O) groups excluding carboxylic acids is 1. The number of nitrogens with one attached hydrogen (secondary N) is 1. The molecule has 0 aromatic heterocycles. The third kappa shape index (κ3) is 3.01. The number of nitrogens with two attached hydrogens (primary N) is 1. The quantitative estimate of drug-likeness (QED) is 0.846. The highest BCUT2D eigenvalue weighted by atomic mass is 35.5. The fraction of sp³-hybridized carbons (Fsp3) is 0.562. The van der Waals surface area contributed by atoms with E-state index in [9.17, 15) is 4.79 Å². The number of anilines is 1. The maximum atomic E-state index is 11.4. The highest BCUT2D eigenvalue weighted by molar-refractivity contribution is 6.33. The van der Waals surface area contributed by atoms with E-state index in [-0.39, 0.29) is 11.5 Å². The average molecular weight is 311 g/mol. The number of rotatable bonds is 6. The van der Waals surface area contributed by atoms with Crippen molar-refractivity contribution in [3.05, 3.63) is 28.8 Å². The number of primary amides is 1. The standard InChI is InChI=1S/C16H23ClN2O2/c1-4-16(3)13(9-14(16)21-5-2)19-10-6-7-12(17)11(8-10)15(18)20/h6-8,13-14,19H,4-5,9H2,1-3H3,(H2,18,20). The molecule has 0 spiro atoms. The monoisotopic (exact) mass is 310 g/mol. The van der Waals surface area contributed by atoms with Gasteiger partial charge in [-0.15, -0.1) is 0 Å². The number of ether oxygens (including phenoxy) is 1. The van der Waals surface area contributed by atoms with Crippen molar-refractivity contribution in [1.82, 2.24) is 0 Å². The molecule has 4 nitrogen and oxygen atoms in total. The molecular formula is C16H23ClN2O2. The minimum Gasteiger partial charge on any atom is -0.382 e. The van der Waals surface area contributed by atoms with E-state index < -0.39 is 5.91 Å². The second kappa shape index (κ2) is 6.24. The Hall–Kier alpha value is -1.26. The minimum absolute atomic E-state index is 0.0997. The van der Waals surface area contributed by atoms with E-state index >= 15 is 0 Å². The lowest BCUT2D eigenvalue weighted by Gasteiger charge is -2.54. The van der Waals surface area contributed by atoms with Crippen molar-refractivity contribution >= 4 is 23.2 Å². The summed E-state index contributed by atoms with van der Waals surface area (Å²) in [7, 11) is 0. The molecule has 1 fully saturated rings. The van der Waals surface area contributed by atoms with Crippen LogP contribution in [-0.4, -0.2) is 24.7 Å². The van der Waals surface area contributed by atoms with Crippen LogP contribution >= 0.6 is 11.6 Å². The second-order valence-electron chi connectivity index (χ2n) is 5.79. The number of hydrogen-bond acceptors (Lipinski definition) is 3. The highest BCUT2D eigenvalue weighted by Gasteiger charge is 2.51. The Balaban J connectivity index is 2.12. The van der Waals surface area contributed by atoms with Crippen molar-refractivity contribution in [2.45, 2.75) is 45.8 Å². The van der Waals surface area contributed by atoms with E-state index in [0.29, 0.717) is 16.6 Å². The summed E-state index contributed by atoms with van der Waals surface area (Å²) >= 11 is 5.97. The van der Waals surface area contributed by atoms with Crippen molar-refractivity contribution in [2.24, 2.45) is 11.1 Å². The molecule has 1 aliphatic carbocycles. The molecule has 116 valence electrons. The van der Waals surface area contributed by atoms with Crippen LogP contribution in [0.2, 0.25) is 5.02 Å². The van der Waals surface area contributed by atoms with E-state index in [1.165, 1.54) is 0 Å². The Labute approximate surface area is 131 Å². The molecule has 1 aliphatic rings. The normalized spacial score (nSPS) is 28.0. The minimum atomic E-state index is -0.511. The van der Waals surface area contributed by atoms with Crippen LogP contribution in [0.25, 0.3) is 0 Å². The van der Waals surface area contributed by atoms with Gasteiger partial charge in [0.05, 0.1) is 16.7 Å². The van der Waals surface area contributed by atoms with Crippen LogP contribution in [0.4, 0.5) is 5.69 Å². The number of carbonyl (C=O) groups is 1. The van der Waals surface area contributed by atoms with Crippen molar-refractivity contribution in [3.63, 3.8) is 0 Å². The zero-order valence-electron chi connectivity index (χ0n) is 12.8. The molecule has 0 bridgehead atoms. The van der Waals surface area contributed by atoms with Gasteiger partial charge in [0.1, 0.15) is 0 Å². The lowest BCUT2D eigenvalue weighted by molar-refractivity contribution is -0.109. The SMILES string of the molecule is CCOC1CC(Nc2ccc(Cl)c(C(N)=O)c2)C1(C)CC. The maximum Gasteiger partial charge on any atom is 0.250 e. The van der Waals surface area contributed by atoms with Gasteiger partial charge in [-0.25, -0.2) is 0 Å². The third-order valence-electron chi connectivity index (χ3n) is 4.68. The molecule has 3 N–H and O–H groups in total. The van der Waals surface area contributed by atoms with E-state index in [1.807, 2.05) is 13.0 Å². The average Bonchev–Trinajstić information content (AvgIpc) is 2.46. The molecule has 0 saturated heterocycles. The van der Waals surface area contributed by atoms with Crippen molar-refractivity contribution in [2.75, 3.05) is 11.9 Å². The van der Waals surface area contributed by atoms with Gasteiger partial charge in [-0.3, -0.25) is 4.79 Å². The van der Waals surface area contributed by atoms with Crippen LogP contribution in [0.5, 0.6) is 0 Å². The molecule has 0 heterocycles. The Kier molecular flexibility index (Phi) is 4.79. The zero-order valence-corrected chi connectivity index (χ0v) is 13.5. The zero-order chi connectivity index (χ0) is 15.6. The largest absolute Gasteiger partial charge is 0.382 e. The van der Waals surface area contributed by atoms with Crippen LogP contribution < -0.4 is 11.1 Å². The molecule has 21 heavy (non-hydrogen) atoms. The highest BCUT2D eigenvalue weighted by Crippen LogP contribution is 2.47. The van der Waals surface area contributed by atoms with Gasteiger partial charge in [-0.2, -0.15) is 0 Å². The Morgan fingerprint density at radius 1 is 1.52 bits per heavy atom. The fourth-order valence-corrected chi connectivity index (χ4v) is 3.19. The molecule has 0 radical (unpaired) electrons. The molecule has 1 aromatic carbocycles. The summed E-state index contributed by atoms with van der Waals surface area (Å²) in [5, 5.41) is 3.87. The second-order valence-corrected chi connectivity index (χ2v) is 6.20. The van der Waals surface area contributed by atoms with E-state index in [0.717, 1.165) is 25.1 Å². The first-order chi connectivity index (χ1) is 9.92. The molecular weight excluding hydrogens is 288 g/mol.